The zero-order chi connectivity index (χ0) is 17.2. The molecule has 1 aromatic heterocycles. The lowest BCUT2D eigenvalue weighted by Gasteiger charge is -2.14. The van der Waals surface area contributed by atoms with Gasteiger partial charge in [0.1, 0.15) is 11.5 Å². The first-order chi connectivity index (χ1) is 11.8. The number of nitrogens with zero attached hydrogens (tertiary/aromatic N) is 2. The van der Waals surface area contributed by atoms with Crippen LogP contribution < -0.4 is 20.1 Å². The third-order valence-corrected chi connectivity index (χ3v) is 3.56. The molecule has 0 spiro atoms. The Kier molecular flexibility index (Phi) is 6.89. The molecule has 0 aliphatic rings. The van der Waals surface area contributed by atoms with Crippen molar-refractivity contribution in [3.63, 3.8) is 0 Å². The second-order valence-corrected chi connectivity index (χ2v) is 5.10. The molecule has 24 heavy (non-hydrogen) atoms. The summed E-state index contributed by atoms with van der Waals surface area (Å²) in [5.41, 5.74) is 2.09. The molecule has 1 aromatic carbocycles. The Morgan fingerprint density at radius 3 is 2.67 bits per heavy atom. The fourth-order valence-electron chi connectivity index (χ4n) is 2.25. The second kappa shape index (κ2) is 9.39. The van der Waals surface area contributed by atoms with Crippen molar-refractivity contribution in [2.24, 2.45) is 4.99 Å². The molecule has 0 saturated carbocycles. The van der Waals surface area contributed by atoms with E-state index in [1.807, 2.05) is 36.4 Å². The van der Waals surface area contributed by atoms with Crippen molar-refractivity contribution in [1.82, 2.24) is 15.6 Å². The van der Waals surface area contributed by atoms with Crippen molar-refractivity contribution in [1.29, 1.82) is 0 Å². The summed E-state index contributed by atoms with van der Waals surface area (Å²) in [4.78, 5) is 8.54. The molecular weight excluding hydrogens is 304 g/mol. The Hall–Kier alpha value is -2.76. The topological polar surface area (TPSA) is 67.8 Å². The third-order valence-electron chi connectivity index (χ3n) is 3.56. The smallest absolute Gasteiger partial charge is 0.191 e. The number of guanidine groups is 1. The van der Waals surface area contributed by atoms with Crippen molar-refractivity contribution in [3.8, 4) is 11.5 Å². The largest absolute Gasteiger partial charge is 0.497 e. The van der Waals surface area contributed by atoms with Crippen LogP contribution >= 0.6 is 0 Å². The Bertz CT molecular complexity index is 659. The van der Waals surface area contributed by atoms with E-state index in [-0.39, 0.29) is 0 Å². The van der Waals surface area contributed by atoms with Crippen molar-refractivity contribution >= 4 is 5.96 Å². The van der Waals surface area contributed by atoms with Gasteiger partial charge in [0, 0.05) is 50.1 Å². The van der Waals surface area contributed by atoms with Crippen LogP contribution in [0.15, 0.2) is 47.6 Å². The molecule has 6 nitrogen and oxygen atoms in total. The van der Waals surface area contributed by atoms with Gasteiger partial charge in [0.25, 0.3) is 0 Å². The van der Waals surface area contributed by atoms with Gasteiger partial charge in [-0.2, -0.15) is 0 Å². The first-order valence-corrected chi connectivity index (χ1v) is 7.82. The molecule has 0 radical (unpaired) electrons. The zero-order valence-electron chi connectivity index (χ0n) is 14.4. The summed E-state index contributed by atoms with van der Waals surface area (Å²) in [6.45, 7) is 1.37. The number of nitrogens with one attached hydrogen (secondary N) is 2. The van der Waals surface area contributed by atoms with E-state index in [4.69, 9.17) is 9.47 Å². The van der Waals surface area contributed by atoms with Crippen LogP contribution in [0.2, 0.25) is 0 Å². The van der Waals surface area contributed by atoms with Gasteiger partial charge in [0.15, 0.2) is 5.96 Å². The highest BCUT2D eigenvalue weighted by Crippen LogP contribution is 2.24. The average molecular weight is 328 g/mol. The number of aromatic nitrogens is 1. The number of methoxy groups -OCH3 is 2. The number of benzene rings is 1. The van der Waals surface area contributed by atoms with Gasteiger partial charge < -0.3 is 20.1 Å². The normalized spacial score (nSPS) is 11.0. The van der Waals surface area contributed by atoms with Gasteiger partial charge in [0.05, 0.1) is 14.2 Å². The van der Waals surface area contributed by atoms with E-state index in [2.05, 4.69) is 20.6 Å². The minimum atomic E-state index is 0.608. The monoisotopic (exact) mass is 328 g/mol. The van der Waals surface area contributed by atoms with Crippen LogP contribution in [0.25, 0.3) is 0 Å². The SMILES string of the molecule is CN=C(NCCc1ccccn1)NCc1ccc(OC)cc1OC. The maximum Gasteiger partial charge on any atom is 0.191 e. The van der Waals surface area contributed by atoms with Crippen molar-refractivity contribution < 1.29 is 9.47 Å². The molecular formula is C18H24N4O2. The summed E-state index contributed by atoms with van der Waals surface area (Å²) in [6.07, 6.45) is 2.64. The number of ether oxygens (including phenoxy) is 2. The summed E-state index contributed by atoms with van der Waals surface area (Å²) in [5.74, 6) is 2.29. The molecule has 0 fully saturated rings. The Morgan fingerprint density at radius 1 is 1.12 bits per heavy atom. The Morgan fingerprint density at radius 2 is 2.00 bits per heavy atom. The minimum absolute atomic E-state index is 0.608. The van der Waals surface area contributed by atoms with Crippen LogP contribution in [0.3, 0.4) is 0 Å². The Labute approximate surface area is 142 Å². The van der Waals surface area contributed by atoms with E-state index in [1.165, 1.54) is 0 Å². The van der Waals surface area contributed by atoms with E-state index in [0.717, 1.165) is 41.7 Å². The van der Waals surface area contributed by atoms with Gasteiger partial charge >= 0.3 is 0 Å². The lowest BCUT2D eigenvalue weighted by Crippen LogP contribution is -2.38. The third kappa shape index (κ3) is 5.15. The molecule has 2 rings (SSSR count). The average Bonchev–Trinajstić information content (AvgIpc) is 2.65. The highest BCUT2D eigenvalue weighted by molar-refractivity contribution is 5.79. The van der Waals surface area contributed by atoms with E-state index >= 15 is 0 Å². The predicted molar refractivity (Wildman–Crippen MR) is 95.7 cm³/mol. The molecule has 128 valence electrons. The van der Waals surface area contributed by atoms with E-state index in [1.54, 1.807) is 27.5 Å². The fourth-order valence-corrected chi connectivity index (χ4v) is 2.25. The summed E-state index contributed by atoms with van der Waals surface area (Å²) >= 11 is 0. The number of rotatable bonds is 7. The lowest BCUT2D eigenvalue weighted by molar-refractivity contribution is 0.390. The molecule has 0 atom stereocenters. The van der Waals surface area contributed by atoms with Crippen LogP contribution in [0.1, 0.15) is 11.3 Å². The molecule has 0 saturated heterocycles. The first kappa shape index (κ1) is 17.6. The molecule has 2 N–H and O–H groups in total. The molecule has 0 bridgehead atoms. The first-order valence-electron chi connectivity index (χ1n) is 7.82. The summed E-state index contributed by atoms with van der Waals surface area (Å²) in [5, 5.41) is 6.56. The van der Waals surface area contributed by atoms with Crippen molar-refractivity contribution in [2.45, 2.75) is 13.0 Å². The van der Waals surface area contributed by atoms with Gasteiger partial charge in [-0.3, -0.25) is 9.98 Å². The summed E-state index contributed by atoms with van der Waals surface area (Å²) < 4.78 is 10.6. The standard InChI is InChI=1S/C18H24N4O2/c1-19-18(21-11-9-15-6-4-5-10-20-15)22-13-14-7-8-16(23-2)12-17(14)24-3/h4-8,10,12H,9,11,13H2,1-3H3,(H2,19,21,22). The molecule has 0 amide bonds. The number of pyridine rings is 1. The number of aliphatic imine (C=N–C) groups is 1. The van der Waals surface area contributed by atoms with E-state index in [0.29, 0.717) is 6.54 Å². The molecule has 0 aliphatic heterocycles. The maximum atomic E-state index is 5.40. The molecule has 1 heterocycles. The molecule has 0 aliphatic carbocycles. The predicted octanol–water partition coefficient (Wildman–Crippen LogP) is 2.01. The number of hydrogen-bond acceptors (Lipinski definition) is 4. The van der Waals surface area contributed by atoms with E-state index < -0.39 is 0 Å². The van der Waals surface area contributed by atoms with Crippen LogP contribution in [-0.4, -0.2) is 38.8 Å². The Balaban J connectivity index is 1.85. The second-order valence-electron chi connectivity index (χ2n) is 5.10. The van der Waals surface area contributed by atoms with Crippen LogP contribution in [0.4, 0.5) is 0 Å². The van der Waals surface area contributed by atoms with Gasteiger partial charge in [-0.15, -0.1) is 0 Å². The van der Waals surface area contributed by atoms with Crippen LogP contribution in [0, 0.1) is 0 Å². The zero-order valence-corrected chi connectivity index (χ0v) is 14.4. The van der Waals surface area contributed by atoms with Crippen LogP contribution in [-0.2, 0) is 13.0 Å². The lowest BCUT2D eigenvalue weighted by atomic mass is 10.2. The summed E-state index contributed by atoms with van der Waals surface area (Å²) in [6, 6.07) is 11.7. The van der Waals surface area contributed by atoms with Gasteiger partial charge in [-0.25, -0.2) is 0 Å². The van der Waals surface area contributed by atoms with Crippen LogP contribution in [0.5, 0.6) is 11.5 Å². The maximum absolute atomic E-state index is 5.40. The molecule has 2 aromatic rings. The van der Waals surface area contributed by atoms with Crippen molar-refractivity contribution in [3.05, 3.63) is 53.9 Å². The molecule has 6 heteroatoms. The van der Waals surface area contributed by atoms with E-state index in [9.17, 15) is 0 Å². The fraction of sp³-hybridized carbons (Fsp3) is 0.333. The van der Waals surface area contributed by atoms with Gasteiger partial charge in [-0.1, -0.05) is 6.07 Å². The van der Waals surface area contributed by atoms with Crippen molar-refractivity contribution in [2.75, 3.05) is 27.8 Å². The number of hydrogen-bond donors (Lipinski definition) is 2. The molecule has 0 unspecified atom stereocenters. The quantitative estimate of drug-likeness (QED) is 0.601. The highest BCUT2D eigenvalue weighted by atomic mass is 16.5. The summed E-state index contributed by atoms with van der Waals surface area (Å²) in [7, 11) is 5.04. The van der Waals surface area contributed by atoms with Gasteiger partial charge in [0.2, 0.25) is 0 Å². The minimum Gasteiger partial charge on any atom is -0.497 e. The van der Waals surface area contributed by atoms with Gasteiger partial charge in [-0.05, 0) is 24.3 Å². The highest BCUT2D eigenvalue weighted by Gasteiger charge is 2.06.